The highest BCUT2D eigenvalue weighted by atomic mass is 19.1. The Morgan fingerprint density at radius 3 is 2.85 bits per heavy atom. The summed E-state index contributed by atoms with van der Waals surface area (Å²) in [7, 11) is 0. The number of ether oxygens (including phenoxy) is 1. The van der Waals surface area contributed by atoms with E-state index in [2.05, 4.69) is 9.83 Å². The second-order valence-electron chi connectivity index (χ2n) is 4.18. The van der Waals surface area contributed by atoms with E-state index in [4.69, 9.17) is 22.1 Å². The second-order valence-corrected chi connectivity index (χ2v) is 4.18. The van der Waals surface area contributed by atoms with Gasteiger partial charge < -0.3 is 15.9 Å². The van der Waals surface area contributed by atoms with Crippen molar-refractivity contribution < 1.29 is 23.7 Å². The number of aliphatic hydroxyl groups is 2. The number of nitrogens with zero attached hydrogens (tertiary/aromatic N) is 3. The van der Waals surface area contributed by atoms with Crippen LogP contribution in [0.2, 0.25) is 0 Å². The van der Waals surface area contributed by atoms with E-state index < -0.39 is 48.2 Å². The molecule has 10 heteroatoms. The maximum atomic E-state index is 14.0. The fourth-order valence-electron chi connectivity index (χ4n) is 1.86. The van der Waals surface area contributed by atoms with Gasteiger partial charge in [-0.05, 0) is 0 Å². The average molecular weight is 288 g/mol. The van der Waals surface area contributed by atoms with E-state index >= 15 is 0 Å². The molecule has 0 spiro atoms. The van der Waals surface area contributed by atoms with Crippen molar-refractivity contribution in [1.82, 2.24) is 9.55 Å². The molecule has 4 atom stereocenters. The molecule has 1 aromatic rings. The van der Waals surface area contributed by atoms with E-state index in [-0.39, 0.29) is 0 Å². The smallest absolute Gasteiger partial charge is 0.385 e. The molecule has 0 bridgehead atoms. The Morgan fingerprint density at radius 2 is 2.35 bits per heavy atom. The number of rotatable bonds is 2. The standard InChI is InChI=1S/C10H10F2N4O4/c1-14-10(3-17)6(18)5(12)8(20-10)16-2-4(11)7(13)15-9(16)19/h2,5-6,8,17-18H,3H2,(H2,13,15,19). The van der Waals surface area contributed by atoms with Crippen molar-refractivity contribution in [3.05, 3.63) is 33.9 Å². The normalized spacial score (nSPS) is 33.0. The first kappa shape index (κ1) is 14.3. The largest absolute Gasteiger partial charge is 0.390 e. The summed E-state index contributed by atoms with van der Waals surface area (Å²) in [5.74, 6) is -1.75. The molecule has 2 rings (SSSR count). The van der Waals surface area contributed by atoms with Gasteiger partial charge in [0, 0.05) is 0 Å². The number of alkyl halides is 1. The molecule has 0 amide bonds. The van der Waals surface area contributed by atoms with Gasteiger partial charge in [-0.2, -0.15) is 4.98 Å². The van der Waals surface area contributed by atoms with Crippen molar-refractivity contribution in [3.8, 4) is 0 Å². The zero-order valence-corrected chi connectivity index (χ0v) is 9.90. The van der Waals surface area contributed by atoms with Crippen LogP contribution in [0.15, 0.2) is 11.0 Å². The van der Waals surface area contributed by atoms with Crippen LogP contribution in [-0.2, 0) is 4.74 Å². The number of hydrogen-bond donors (Lipinski definition) is 3. The van der Waals surface area contributed by atoms with Crippen LogP contribution in [0.3, 0.4) is 0 Å². The molecule has 1 aliphatic heterocycles. The SMILES string of the molecule is [C-]#[N+]C1(CO)OC(n2cc(F)c(N)nc2=O)C(F)C1O. The van der Waals surface area contributed by atoms with Crippen LogP contribution >= 0.6 is 0 Å². The number of anilines is 1. The molecule has 4 N–H and O–H groups in total. The van der Waals surface area contributed by atoms with Gasteiger partial charge in [-0.15, -0.1) is 0 Å². The Kier molecular flexibility index (Phi) is 3.43. The van der Waals surface area contributed by atoms with Crippen molar-refractivity contribution in [3.63, 3.8) is 0 Å². The highest BCUT2D eigenvalue weighted by Gasteiger charge is 2.62. The molecule has 0 saturated carbocycles. The third-order valence-corrected chi connectivity index (χ3v) is 2.99. The van der Waals surface area contributed by atoms with Gasteiger partial charge in [-0.1, -0.05) is 0 Å². The van der Waals surface area contributed by atoms with Crippen molar-refractivity contribution in [2.45, 2.75) is 24.2 Å². The summed E-state index contributed by atoms with van der Waals surface area (Å²) in [6.07, 6.45) is -5.45. The minimum Gasteiger partial charge on any atom is -0.385 e. The van der Waals surface area contributed by atoms with Crippen molar-refractivity contribution in [2.75, 3.05) is 12.3 Å². The molecule has 1 fully saturated rings. The van der Waals surface area contributed by atoms with Crippen LogP contribution in [0.25, 0.3) is 4.85 Å². The van der Waals surface area contributed by atoms with Gasteiger partial charge in [0.25, 0.3) is 0 Å². The number of nitrogens with two attached hydrogens (primary N) is 1. The molecule has 4 unspecified atom stereocenters. The molecular weight excluding hydrogens is 278 g/mol. The third-order valence-electron chi connectivity index (χ3n) is 2.99. The molecule has 108 valence electrons. The molecule has 1 saturated heterocycles. The first-order valence-electron chi connectivity index (χ1n) is 5.40. The van der Waals surface area contributed by atoms with Crippen LogP contribution in [0.1, 0.15) is 6.23 Å². The summed E-state index contributed by atoms with van der Waals surface area (Å²) in [5, 5.41) is 18.7. The number of halogens is 2. The Labute approximate surface area is 110 Å². The molecule has 1 aromatic heterocycles. The molecule has 0 aromatic carbocycles. The monoisotopic (exact) mass is 288 g/mol. The molecule has 0 aliphatic carbocycles. The van der Waals surface area contributed by atoms with Crippen LogP contribution in [0.5, 0.6) is 0 Å². The van der Waals surface area contributed by atoms with Gasteiger partial charge >= 0.3 is 11.4 Å². The Bertz CT molecular complexity index is 631. The summed E-state index contributed by atoms with van der Waals surface area (Å²) < 4.78 is 32.6. The lowest BCUT2D eigenvalue weighted by molar-refractivity contribution is -0.100. The highest BCUT2D eigenvalue weighted by molar-refractivity contribution is 5.26. The Hall–Kier alpha value is -2.09. The van der Waals surface area contributed by atoms with Crippen molar-refractivity contribution in [2.24, 2.45) is 0 Å². The minimum atomic E-state index is -2.25. The maximum Gasteiger partial charge on any atom is 0.390 e. The fourth-order valence-corrected chi connectivity index (χ4v) is 1.86. The van der Waals surface area contributed by atoms with Gasteiger partial charge in [0.05, 0.1) is 6.20 Å². The summed E-state index contributed by atoms with van der Waals surface area (Å²) >= 11 is 0. The topological polar surface area (TPSA) is 115 Å². The summed E-state index contributed by atoms with van der Waals surface area (Å²) in [5.41, 5.74) is 1.73. The van der Waals surface area contributed by atoms with E-state index in [1.165, 1.54) is 0 Å². The van der Waals surface area contributed by atoms with E-state index in [0.717, 1.165) is 0 Å². The number of nitrogen functional groups attached to an aromatic ring is 1. The molecule has 20 heavy (non-hydrogen) atoms. The van der Waals surface area contributed by atoms with E-state index in [0.29, 0.717) is 10.8 Å². The van der Waals surface area contributed by atoms with Gasteiger partial charge in [0.1, 0.15) is 0 Å². The van der Waals surface area contributed by atoms with Crippen molar-refractivity contribution >= 4 is 5.82 Å². The number of hydrogen-bond acceptors (Lipinski definition) is 6. The van der Waals surface area contributed by atoms with Gasteiger partial charge in [-0.3, -0.25) is 14.1 Å². The Balaban J connectivity index is 2.48. The summed E-state index contributed by atoms with van der Waals surface area (Å²) in [6.45, 7) is 5.88. The molecule has 0 radical (unpaired) electrons. The van der Waals surface area contributed by atoms with Gasteiger partial charge in [0.15, 0.2) is 36.7 Å². The zero-order valence-electron chi connectivity index (χ0n) is 9.90. The molecular formula is C10H10F2N4O4. The third kappa shape index (κ3) is 1.92. The minimum absolute atomic E-state index is 0.433. The number of aromatic nitrogens is 2. The van der Waals surface area contributed by atoms with E-state index in [1.807, 2.05) is 0 Å². The summed E-state index contributed by atoms with van der Waals surface area (Å²) in [4.78, 5) is 17.5. The Morgan fingerprint density at radius 1 is 1.70 bits per heavy atom. The van der Waals surface area contributed by atoms with Crippen LogP contribution < -0.4 is 11.4 Å². The average Bonchev–Trinajstić information content (AvgIpc) is 2.68. The van der Waals surface area contributed by atoms with Crippen LogP contribution in [0, 0.1) is 12.4 Å². The van der Waals surface area contributed by atoms with Crippen LogP contribution in [-0.4, -0.2) is 44.4 Å². The van der Waals surface area contributed by atoms with E-state index in [9.17, 15) is 18.7 Å². The van der Waals surface area contributed by atoms with E-state index in [1.54, 1.807) is 0 Å². The first-order chi connectivity index (χ1) is 9.36. The predicted octanol–water partition coefficient (Wildman–Crippen LogP) is -1.20. The van der Waals surface area contributed by atoms with Gasteiger partial charge in [-0.25, -0.2) is 20.1 Å². The fraction of sp³-hybridized carbons (Fsp3) is 0.500. The highest BCUT2D eigenvalue weighted by Crippen LogP contribution is 2.39. The second kappa shape index (κ2) is 4.78. The lowest BCUT2D eigenvalue weighted by Crippen LogP contribution is -2.42. The number of aliphatic hydroxyl groups excluding tert-OH is 2. The zero-order chi connectivity index (χ0) is 15.1. The summed E-state index contributed by atoms with van der Waals surface area (Å²) in [6, 6.07) is 0. The van der Waals surface area contributed by atoms with Crippen molar-refractivity contribution in [1.29, 1.82) is 0 Å². The maximum absolute atomic E-state index is 14.0. The van der Waals surface area contributed by atoms with Crippen LogP contribution in [0.4, 0.5) is 14.6 Å². The lowest BCUT2D eigenvalue weighted by Gasteiger charge is -2.16. The molecule has 8 nitrogen and oxygen atoms in total. The molecule has 1 aliphatic rings. The first-order valence-corrected chi connectivity index (χ1v) is 5.40. The lowest BCUT2D eigenvalue weighted by atomic mass is 10.1. The quantitative estimate of drug-likeness (QED) is 0.589. The van der Waals surface area contributed by atoms with Gasteiger partial charge in [0.2, 0.25) is 0 Å². The predicted molar refractivity (Wildman–Crippen MR) is 60.3 cm³/mol. The molecule has 2 heterocycles.